The van der Waals surface area contributed by atoms with Crippen molar-refractivity contribution in [2.24, 2.45) is 0 Å². The SMILES string of the molecule is OCCOc1ccc2c(c1)-c1cc(OCCO)ccc1C21c2ccccc2-c2ccccc21. The molecule has 0 heterocycles. The van der Waals surface area contributed by atoms with Gasteiger partial charge in [0, 0.05) is 0 Å². The normalized spacial score (nSPS) is 13.9. The molecule has 33 heavy (non-hydrogen) atoms. The lowest BCUT2D eigenvalue weighted by molar-refractivity contribution is 0.201. The van der Waals surface area contributed by atoms with Crippen LogP contribution in [0.2, 0.25) is 0 Å². The third-order valence-electron chi connectivity index (χ3n) is 6.75. The van der Waals surface area contributed by atoms with Crippen molar-refractivity contribution in [3.63, 3.8) is 0 Å². The molecule has 0 atom stereocenters. The van der Waals surface area contributed by atoms with Gasteiger partial charge in [-0.2, -0.15) is 0 Å². The van der Waals surface area contributed by atoms with Crippen LogP contribution in [0.4, 0.5) is 0 Å². The molecule has 2 aliphatic rings. The first-order chi connectivity index (χ1) is 16.3. The largest absolute Gasteiger partial charge is 0.491 e. The molecule has 0 saturated carbocycles. The molecule has 164 valence electrons. The second-order valence-corrected chi connectivity index (χ2v) is 8.40. The highest BCUT2D eigenvalue weighted by Crippen LogP contribution is 2.63. The van der Waals surface area contributed by atoms with Crippen LogP contribution >= 0.6 is 0 Å². The highest BCUT2D eigenvalue weighted by atomic mass is 16.5. The molecule has 0 unspecified atom stereocenters. The van der Waals surface area contributed by atoms with Crippen LogP contribution in [0.5, 0.6) is 11.5 Å². The molecule has 0 fully saturated rings. The van der Waals surface area contributed by atoms with Crippen molar-refractivity contribution in [3.05, 3.63) is 107 Å². The predicted molar refractivity (Wildman–Crippen MR) is 128 cm³/mol. The van der Waals surface area contributed by atoms with Crippen LogP contribution in [0, 0.1) is 0 Å². The molecule has 0 radical (unpaired) electrons. The smallest absolute Gasteiger partial charge is 0.120 e. The topological polar surface area (TPSA) is 58.9 Å². The Hall–Kier alpha value is -3.60. The average molecular weight is 437 g/mol. The van der Waals surface area contributed by atoms with Gasteiger partial charge in [-0.25, -0.2) is 0 Å². The van der Waals surface area contributed by atoms with Gasteiger partial charge in [0.15, 0.2) is 0 Å². The predicted octanol–water partition coefficient (Wildman–Crippen LogP) is 4.77. The van der Waals surface area contributed by atoms with E-state index in [0.29, 0.717) is 0 Å². The van der Waals surface area contributed by atoms with Crippen LogP contribution in [0.1, 0.15) is 22.3 Å². The van der Waals surface area contributed by atoms with E-state index in [2.05, 4.69) is 72.8 Å². The molecule has 0 saturated heterocycles. The van der Waals surface area contributed by atoms with Crippen LogP contribution in [0.15, 0.2) is 84.9 Å². The number of hydrogen-bond donors (Lipinski definition) is 2. The summed E-state index contributed by atoms with van der Waals surface area (Å²) in [6.45, 7) is 0.444. The Labute approximate surface area is 192 Å². The van der Waals surface area contributed by atoms with Crippen LogP contribution < -0.4 is 9.47 Å². The number of benzene rings is 4. The van der Waals surface area contributed by atoms with Crippen molar-refractivity contribution in [1.29, 1.82) is 0 Å². The van der Waals surface area contributed by atoms with E-state index in [-0.39, 0.29) is 26.4 Å². The van der Waals surface area contributed by atoms with Gasteiger partial charge in [0.25, 0.3) is 0 Å². The lowest BCUT2D eigenvalue weighted by Gasteiger charge is -2.30. The van der Waals surface area contributed by atoms with Crippen LogP contribution in [0.3, 0.4) is 0 Å². The third-order valence-corrected chi connectivity index (χ3v) is 6.75. The first kappa shape index (κ1) is 20.0. The number of fused-ring (bicyclic) bond motifs is 10. The van der Waals surface area contributed by atoms with E-state index in [1.54, 1.807) is 0 Å². The van der Waals surface area contributed by atoms with Crippen molar-refractivity contribution in [1.82, 2.24) is 0 Å². The molecule has 0 amide bonds. The van der Waals surface area contributed by atoms with Crippen molar-refractivity contribution >= 4 is 0 Å². The van der Waals surface area contributed by atoms with E-state index in [9.17, 15) is 10.2 Å². The molecule has 2 N–H and O–H groups in total. The molecule has 4 nitrogen and oxygen atoms in total. The maximum atomic E-state index is 9.22. The maximum absolute atomic E-state index is 9.22. The molecule has 6 rings (SSSR count). The Balaban J connectivity index is 1.66. The van der Waals surface area contributed by atoms with E-state index >= 15 is 0 Å². The summed E-state index contributed by atoms with van der Waals surface area (Å²) in [6.07, 6.45) is 0. The first-order valence-electron chi connectivity index (χ1n) is 11.2. The molecule has 4 heteroatoms. The highest BCUT2D eigenvalue weighted by Gasteiger charge is 2.51. The Morgan fingerprint density at radius 3 is 1.39 bits per heavy atom. The Bertz CT molecular complexity index is 1250. The molecule has 4 aromatic carbocycles. The van der Waals surface area contributed by atoms with Gasteiger partial charge in [0.1, 0.15) is 24.7 Å². The fourth-order valence-corrected chi connectivity index (χ4v) is 5.61. The Kier molecular flexibility index (Phi) is 4.72. The zero-order valence-corrected chi connectivity index (χ0v) is 18.1. The van der Waals surface area contributed by atoms with Gasteiger partial charge < -0.3 is 19.7 Å². The van der Waals surface area contributed by atoms with Gasteiger partial charge in [-0.15, -0.1) is 0 Å². The first-order valence-corrected chi connectivity index (χ1v) is 11.2. The van der Waals surface area contributed by atoms with Gasteiger partial charge in [0.05, 0.1) is 18.6 Å². The fraction of sp³-hybridized carbons (Fsp3) is 0.172. The van der Waals surface area contributed by atoms with Gasteiger partial charge in [-0.1, -0.05) is 60.7 Å². The number of aliphatic hydroxyl groups is 2. The van der Waals surface area contributed by atoms with E-state index in [1.807, 2.05) is 12.1 Å². The van der Waals surface area contributed by atoms with E-state index in [0.717, 1.165) is 22.6 Å². The summed E-state index contributed by atoms with van der Waals surface area (Å²) in [7, 11) is 0. The molecule has 0 aromatic heterocycles. The minimum absolute atomic E-state index is 0.0303. The Morgan fingerprint density at radius 1 is 0.515 bits per heavy atom. The minimum Gasteiger partial charge on any atom is -0.491 e. The second-order valence-electron chi connectivity index (χ2n) is 8.40. The molecule has 0 bridgehead atoms. The third kappa shape index (κ3) is 2.78. The minimum atomic E-state index is -0.414. The molecule has 2 aliphatic carbocycles. The molecule has 1 spiro atoms. The van der Waals surface area contributed by atoms with Crippen LogP contribution in [0.25, 0.3) is 22.3 Å². The fourth-order valence-electron chi connectivity index (χ4n) is 5.61. The summed E-state index contributed by atoms with van der Waals surface area (Å²) >= 11 is 0. The number of hydrogen-bond acceptors (Lipinski definition) is 4. The lowest BCUT2D eigenvalue weighted by Crippen LogP contribution is -2.25. The van der Waals surface area contributed by atoms with Crippen molar-refractivity contribution < 1.29 is 19.7 Å². The standard InChI is InChI=1S/C29H24O4/c30-13-15-32-19-9-11-27-23(17-19)24-18-20(33-16-14-31)10-12-28(24)29(27)25-7-3-1-5-21(25)22-6-2-4-8-26(22)29/h1-12,17-18,30-31H,13-16H2. The number of rotatable bonds is 6. The molecular formula is C29H24O4. The maximum Gasteiger partial charge on any atom is 0.120 e. The average Bonchev–Trinajstić information content (AvgIpc) is 3.33. The molecule has 0 aliphatic heterocycles. The van der Waals surface area contributed by atoms with Crippen molar-refractivity contribution in [2.45, 2.75) is 5.41 Å². The number of ether oxygens (including phenoxy) is 2. The van der Waals surface area contributed by atoms with E-state index < -0.39 is 5.41 Å². The van der Waals surface area contributed by atoms with Crippen LogP contribution in [-0.4, -0.2) is 36.6 Å². The zero-order valence-electron chi connectivity index (χ0n) is 18.1. The van der Waals surface area contributed by atoms with E-state index in [4.69, 9.17) is 9.47 Å². The van der Waals surface area contributed by atoms with Crippen molar-refractivity contribution in [2.75, 3.05) is 26.4 Å². The summed E-state index contributed by atoms with van der Waals surface area (Å²) in [4.78, 5) is 0. The van der Waals surface area contributed by atoms with Gasteiger partial charge in [-0.3, -0.25) is 0 Å². The summed E-state index contributed by atoms with van der Waals surface area (Å²) < 4.78 is 11.5. The monoisotopic (exact) mass is 436 g/mol. The van der Waals surface area contributed by atoms with Crippen molar-refractivity contribution in [3.8, 4) is 33.8 Å². The summed E-state index contributed by atoms with van der Waals surface area (Å²) in [6, 6.07) is 29.8. The molecule has 4 aromatic rings. The highest BCUT2D eigenvalue weighted by molar-refractivity contribution is 5.95. The quantitative estimate of drug-likeness (QED) is 0.395. The zero-order chi connectivity index (χ0) is 22.4. The van der Waals surface area contributed by atoms with Gasteiger partial charge in [0.2, 0.25) is 0 Å². The molecular weight excluding hydrogens is 412 g/mol. The van der Waals surface area contributed by atoms with Gasteiger partial charge in [-0.05, 0) is 68.8 Å². The lowest BCUT2D eigenvalue weighted by atomic mass is 9.70. The van der Waals surface area contributed by atoms with E-state index in [1.165, 1.54) is 33.4 Å². The summed E-state index contributed by atoms with van der Waals surface area (Å²) in [5.74, 6) is 1.46. The van der Waals surface area contributed by atoms with Gasteiger partial charge >= 0.3 is 0 Å². The summed E-state index contributed by atoms with van der Waals surface area (Å²) in [5, 5.41) is 18.4. The Morgan fingerprint density at radius 2 is 0.939 bits per heavy atom. The summed E-state index contributed by atoms with van der Waals surface area (Å²) in [5.41, 5.74) is 9.28. The van der Waals surface area contributed by atoms with Crippen LogP contribution in [-0.2, 0) is 5.41 Å². The second kappa shape index (κ2) is 7.77. The number of aliphatic hydroxyl groups excluding tert-OH is 2.